The Bertz CT molecular complexity index is 187. The van der Waals surface area contributed by atoms with E-state index in [1.54, 1.807) is 0 Å². The molecule has 2 N–H and O–H groups in total. The lowest BCUT2D eigenvalue weighted by Crippen LogP contribution is -2.48. The maximum absolute atomic E-state index is 13.7. The topological polar surface area (TPSA) is 35.4 Å². The van der Waals surface area contributed by atoms with Crippen LogP contribution in [0.1, 0.15) is 19.3 Å². The summed E-state index contributed by atoms with van der Waals surface area (Å²) in [6.07, 6.45) is 2.13. The Hall–Kier alpha value is -0.190. The molecule has 82 valence electrons. The largest absolute Gasteiger partial charge is 0.443 e. The number of hydrogen-bond donors (Lipinski definition) is 0. The van der Waals surface area contributed by atoms with Crippen LogP contribution in [0.3, 0.4) is 0 Å². The highest BCUT2D eigenvalue weighted by molar-refractivity contribution is 4.89. The molecule has 0 spiro atoms. The normalized spacial score (nSPS) is 33.4. The van der Waals surface area contributed by atoms with Crippen LogP contribution in [0.5, 0.6) is 0 Å². The van der Waals surface area contributed by atoms with E-state index in [0.29, 0.717) is 18.9 Å². The Kier molecular flexibility index (Phi) is 3.04. The zero-order chi connectivity index (χ0) is 10.0. The number of rotatable bonds is 2. The smallest absolute Gasteiger partial charge is 0.180 e. The van der Waals surface area contributed by atoms with Crippen LogP contribution in [-0.4, -0.2) is 54.6 Å². The predicted molar refractivity (Wildman–Crippen MR) is 52.4 cm³/mol. The van der Waals surface area contributed by atoms with E-state index in [2.05, 4.69) is 4.90 Å². The summed E-state index contributed by atoms with van der Waals surface area (Å²) < 4.78 is 19.0. The van der Waals surface area contributed by atoms with Crippen molar-refractivity contribution in [2.75, 3.05) is 32.9 Å². The summed E-state index contributed by atoms with van der Waals surface area (Å²) in [6.45, 7) is 3.16. The molecule has 0 aromatic carbocycles. The molecule has 4 heteroatoms. The van der Waals surface area contributed by atoms with Crippen LogP contribution < -0.4 is 0 Å². The van der Waals surface area contributed by atoms with E-state index in [9.17, 15) is 4.39 Å². The van der Waals surface area contributed by atoms with Crippen molar-refractivity contribution in [3.63, 3.8) is 0 Å². The molecular weight excluding hydrogens is 185 g/mol. The van der Waals surface area contributed by atoms with Gasteiger partial charge in [0.1, 0.15) is 0 Å². The van der Waals surface area contributed by atoms with E-state index in [4.69, 9.17) is 9.84 Å². The lowest BCUT2D eigenvalue weighted by atomic mass is 9.93. The third kappa shape index (κ3) is 2.07. The first-order chi connectivity index (χ1) is 6.73. The fourth-order valence-electron chi connectivity index (χ4n) is 2.28. The second-order valence-electron chi connectivity index (χ2n) is 4.38. The highest BCUT2D eigenvalue weighted by atomic mass is 19.1. The van der Waals surface area contributed by atoms with Gasteiger partial charge in [-0.15, -0.1) is 0 Å². The molecule has 2 rings (SSSR count). The van der Waals surface area contributed by atoms with E-state index in [1.165, 1.54) is 0 Å². The molecule has 2 aliphatic rings. The first kappa shape index (κ1) is 10.3. The molecule has 2 heterocycles. The van der Waals surface area contributed by atoms with Crippen molar-refractivity contribution in [2.45, 2.75) is 31.0 Å². The molecule has 0 saturated carbocycles. The van der Waals surface area contributed by atoms with Gasteiger partial charge >= 0.3 is 0 Å². The molecule has 2 aliphatic heterocycles. The Balaban J connectivity index is 1.83. The molecule has 3 nitrogen and oxygen atoms in total. The average Bonchev–Trinajstić information content (AvgIpc) is 2.72. The Morgan fingerprint density at radius 1 is 1.43 bits per heavy atom. The molecule has 14 heavy (non-hydrogen) atoms. The molecule has 0 aliphatic carbocycles. The Morgan fingerprint density at radius 2 is 2.14 bits per heavy atom. The summed E-state index contributed by atoms with van der Waals surface area (Å²) in [6, 6.07) is 0.505. The number of nitrogens with zero attached hydrogens (tertiary/aromatic N) is 1. The SMILES string of the molecule is [OH2+]CC1(F)CCN(C2CCOC2)CC1. The second kappa shape index (κ2) is 4.13. The van der Waals surface area contributed by atoms with Crippen LogP contribution >= 0.6 is 0 Å². The Labute approximate surface area is 83.8 Å². The van der Waals surface area contributed by atoms with Gasteiger partial charge in [-0.3, -0.25) is 4.90 Å². The molecule has 0 aromatic rings. The van der Waals surface area contributed by atoms with Gasteiger partial charge in [0, 0.05) is 38.6 Å². The molecule has 2 fully saturated rings. The summed E-state index contributed by atoms with van der Waals surface area (Å²) in [7, 11) is 0. The van der Waals surface area contributed by atoms with Crippen molar-refractivity contribution in [2.24, 2.45) is 0 Å². The summed E-state index contributed by atoms with van der Waals surface area (Å²) in [4.78, 5) is 2.32. The van der Waals surface area contributed by atoms with Crippen molar-refractivity contribution < 1.29 is 14.2 Å². The summed E-state index contributed by atoms with van der Waals surface area (Å²) >= 11 is 0. The van der Waals surface area contributed by atoms with Gasteiger partial charge in [-0.1, -0.05) is 0 Å². The minimum Gasteiger partial charge on any atom is -0.443 e. The Morgan fingerprint density at radius 3 is 2.64 bits per heavy atom. The number of piperidine rings is 1. The van der Waals surface area contributed by atoms with Crippen molar-refractivity contribution in [3.05, 3.63) is 0 Å². The first-order valence-corrected chi connectivity index (χ1v) is 5.39. The number of halogens is 1. The van der Waals surface area contributed by atoms with Crippen LogP contribution in [0.25, 0.3) is 0 Å². The minimum atomic E-state index is -1.21. The predicted octanol–water partition coefficient (Wildman–Crippen LogP) is 0.304. The molecular formula is C10H19FNO2+. The van der Waals surface area contributed by atoms with Crippen LogP contribution in [0.2, 0.25) is 0 Å². The summed E-state index contributed by atoms with van der Waals surface area (Å²) in [5, 5.41) is 7.15. The van der Waals surface area contributed by atoms with Gasteiger partial charge in [-0.05, 0) is 6.42 Å². The number of ether oxygens (including phenoxy) is 1. The van der Waals surface area contributed by atoms with Crippen LogP contribution in [-0.2, 0) is 4.74 Å². The van der Waals surface area contributed by atoms with Gasteiger partial charge in [0.15, 0.2) is 12.3 Å². The third-order valence-electron chi connectivity index (χ3n) is 3.43. The van der Waals surface area contributed by atoms with E-state index in [0.717, 1.165) is 32.7 Å². The zero-order valence-corrected chi connectivity index (χ0v) is 8.47. The van der Waals surface area contributed by atoms with Crippen molar-refractivity contribution in [1.82, 2.24) is 4.90 Å². The van der Waals surface area contributed by atoms with Gasteiger partial charge < -0.3 is 9.84 Å². The van der Waals surface area contributed by atoms with Crippen molar-refractivity contribution in [3.8, 4) is 0 Å². The highest BCUT2D eigenvalue weighted by Crippen LogP contribution is 2.28. The average molecular weight is 204 g/mol. The second-order valence-corrected chi connectivity index (χ2v) is 4.38. The van der Waals surface area contributed by atoms with Crippen LogP contribution in [0, 0.1) is 0 Å². The molecule has 0 aromatic heterocycles. The van der Waals surface area contributed by atoms with E-state index in [1.807, 2.05) is 0 Å². The molecule has 0 bridgehead atoms. The van der Waals surface area contributed by atoms with Gasteiger partial charge in [0.25, 0.3) is 0 Å². The lowest BCUT2D eigenvalue weighted by Gasteiger charge is -2.36. The van der Waals surface area contributed by atoms with Crippen LogP contribution in [0.4, 0.5) is 4.39 Å². The number of alkyl halides is 1. The fourth-order valence-corrected chi connectivity index (χ4v) is 2.28. The molecule has 0 radical (unpaired) electrons. The summed E-state index contributed by atoms with van der Waals surface area (Å²) in [5.74, 6) is 0. The van der Waals surface area contributed by atoms with Gasteiger partial charge in [-0.2, -0.15) is 0 Å². The third-order valence-corrected chi connectivity index (χ3v) is 3.43. The van der Waals surface area contributed by atoms with Gasteiger partial charge in [0.05, 0.1) is 6.61 Å². The number of likely N-dealkylation sites (tertiary alicyclic amines) is 1. The van der Waals surface area contributed by atoms with E-state index < -0.39 is 5.67 Å². The van der Waals surface area contributed by atoms with Crippen molar-refractivity contribution in [1.29, 1.82) is 0 Å². The zero-order valence-electron chi connectivity index (χ0n) is 8.47. The van der Waals surface area contributed by atoms with Crippen molar-refractivity contribution >= 4 is 0 Å². The molecule has 1 atom stereocenters. The highest BCUT2D eigenvalue weighted by Gasteiger charge is 2.38. The number of hydrogen-bond acceptors (Lipinski definition) is 2. The fraction of sp³-hybridized carbons (Fsp3) is 1.00. The quantitative estimate of drug-likeness (QED) is 0.607. The molecule has 0 amide bonds. The molecule has 1 unspecified atom stereocenters. The maximum Gasteiger partial charge on any atom is 0.180 e. The summed E-state index contributed by atoms with van der Waals surface area (Å²) in [5.41, 5.74) is -1.21. The van der Waals surface area contributed by atoms with Crippen LogP contribution in [0.15, 0.2) is 0 Å². The standard InChI is InChI=1S/C10H18FNO2/c11-10(8-13)2-4-12(5-3-10)9-1-6-14-7-9/h9,13H,1-8H2/p+1. The monoisotopic (exact) mass is 204 g/mol. The molecule has 2 saturated heterocycles. The minimum absolute atomic E-state index is 0.0813. The maximum atomic E-state index is 13.7. The van der Waals surface area contributed by atoms with E-state index in [-0.39, 0.29) is 6.61 Å². The van der Waals surface area contributed by atoms with Gasteiger partial charge in [-0.25, -0.2) is 4.39 Å². The first-order valence-electron chi connectivity index (χ1n) is 5.39. The lowest BCUT2D eigenvalue weighted by molar-refractivity contribution is -0.00417. The van der Waals surface area contributed by atoms with Gasteiger partial charge in [0.2, 0.25) is 0 Å². The van der Waals surface area contributed by atoms with E-state index >= 15 is 0 Å².